The number of likely N-dealkylation sites (tertiary alicyclic amines) is 1. The summed E-state index contributed by atoms with van der Waals surface area (Å²) in [6.45, 7) is 10.1. The van der Waals surface area contributed by atoms with Crippen molar-refractivity contribution in [3.8, 4) is 34.3 Å². The monoisotopic (exact) mass is 634 g/mol. The van der Waals surface area contributed by atoms with E-state index in [4.69, 9.17) is 26.1 Å². The van der Waals surface area contributed by atoms with E-state index in [0.29, 0.717) is 59.7 Å². The number of carboxylic acids is 1. The van der Waals surface area contributed by atoms with E-state index in [1.54, 1.807) is 0 Å². The van der Waals surface area contributed by atoms with Crippen molar-refractivity contribution in [2.75, 3.05) is 19.6 Å². The first-order valence-corrected chi connectivity index (χ1v) is 16.1. The Bertz CT molecular complexity index is 2020. The van der Waals surface area contributed by atoms with E-state index in [1.165, 1.54) is 5.56 Å². The second kappa shape index (κ2) is 12.0. The lowest BCUT2D eigenvalue weighted by atomic mass is 9.96. The van der Waals surface area contributed by atoms with E-state index in [9.17, 15) is 15.2 Å². The molecule has 2 aliphatic rings. The smallest absolute Gasteiger partial charge is 0.307 e. The van der Waals surface area contributed by atoms with E-state index < -0.39 is 5.97 Å². The zero-order valence-electron chi connectivity index (χ0n) is 26.1. The van der Waals surface area contributed by atoms with Gasteiger partial charge in [0.25, 0.3) is 0 Å². The Labute approximate surface area is 272 Å². The minimum absolute atomic E-state index is 0.359. The molecule has 0 spiro atoms. The highest BCUT2D eigenvalue weighted by Gasteiger charge is 2.28. The van der Waals surface area contributed by atoms with Gasteiger partial charge in [-0.2, -0.15) is 10.4 Å². The molecule has 4 heterocycles. The van der Waals surface area contributed by atoms with Crippen LogP contribution in [0.5, 0.6) is 0 Å². The molecule has 9 nitrogen and oxygen atoms in total. The molecular weight excluding hydrogens is 600 g/mol. The number of rotatable bonds is 7. The van der Waals surface area contributed by atoms with Crippen molar-refractivity contribution < 1.29 is 14.3 Å². The number of hydrogen-bond donors (Lipinski definition) is 1. The predicted octanol–water partition coefficient (Wildman–Crippen LogP) is 6.85. The Morgan fingerprint density at radius 2 is 1.93 bits per heavy atom. The number of aromatic nitrogens is 3. The topological polar surface area (TPSA) is 111 Å². The molecule has 1 N–H and O–H groups in total. The van der Waals surface area contributed by atoms with Crippen molar-refractivity contribution in [3.05, 3.63) is 87.7 Å². The molecule has 0 saturated carbocycles. The fraction of sp³-hybridized carbons (Fsp3) is 0.333. The Morgan fingerprint density at radius 1 is 1.15 bits per heavy atom. The number of nitrogens with zero attached hydrogens (tertiary/aromatic N) is 6. The van der Waals surface area contributed by atoms with Crippen LogP contribution >= 0.6 is 11.6 Å². The summed E-state index contributed by atoms with van der Waals surface area (Å²) >= 11 is 7.13. The highest BCUT2D eigenvalue weighted by molar-refractivity contribution is 6.35. The number of halogens is 1. The minimum atomic E-state index is -0.763. The molecule has 10 heteroatoms. The van der Waals surface area contributed by atoms with E-state index in [0.717, 1.165) is 58.7 Å². The second-order valence-corrected chi connectivity index (χ2v) is 13.0. The Hall–Kier alpha value is -4.49. The van der Waals surface area contributed by atoms with Gasteiger partial charge in [0, 0.05) is 49.5 Å². The molecule has 0 radical (unpaired) electrons. The standard InChI is InChI=1S/C36H35ClN6O3/c1-21(2)42-13-11-24-19-43(40-31(24)20-42)32-9-5-8-29(33(32)37)27-6-4-7-28(22(27)3)35-39-30-15-23(14-26(16-38)34(30)46-35)17-41-12-10-25(18-41)36(44)45/h4-9,14-15,19,21,25H,10-13,17-18,20H2,1-3H3,(H,44,45)/t25-/m1/s1. The number of aliphatic carboxylic acids is 1. The normalized spacial score (nSPS) is 17.1. The molecule has 46 heavy (non-hydrogen) atoms. The Kier molecular flexibility index (Phi) is 7.89. The third-order valence-corrected chi connectivity index (χ3v) is 9.80. The van der Waals surface area contributed by atoms with Crippen molar-refractivity contribution >= 4 is 28.7 Å². The van der Waals surface area contributed by atoms with Crippen LogP contribution in [0.25, 0.3) is 39.4 Å². The van der Waals surface area contributed by atoms with E-state index in [1.807, 2.05) is 60.1 Å². The third-order valence-electron chi connectivity index (χ3n) is 9.41. The van der Waals surface area contributed by atoms with Crippen LogP contribution in [0.2, 0.25) is 5.02 Å². The van der Waals surface area contributed by atoms with Gasteiger partial charge in [-0.25, -0.2) is 9.67 Å². The molecule has 3 aromatic carbocycles. The van der Waals surface area contributed by atoms with Crippen LogP contribution in [0.1, 0.15) is 48.2 Å². The maximum Gasteiger partial charge on any atom is 0.307 e. The van der Waals surface area contributed by atoms with Gasteiger partial charge in [0.15, 0.2) is 5.58 Å². The van der Waals surface area contributed by atoms with Gasteiger partial charge in [0.2, 0.25) is 5.89 Å². The average Bonchev–Trinajstić information content (AvgIpc) is 3.79. The summed E-state index contributed by atoms with van der Waals surface area (Å²) in [6.07, 6.45) is 3.70. The summed E-state index contributed by atoms with van der Waals surface area (Å²) in [5, 5.41) is 24.9. The molecule has 2 aliphatic heterocycles. The summed E-state index contributed by atoms with van der Waals surface area (Å²) < 4.78 is 8.15. The number of carboxylic acid groups (broad SMARTS) is 1. The highest BCUT2D eigenvalue weighted by atomic mass is 35.5. The van der Waals surface area contributed by atoms with Gasteiger partial charge in [-0.3, -0.25) is 14.6 Å². The number of nitriles is 1. The maximum atomic E-state index is 11.4. The van der Waals surface area contributed by atoms with Crippen LogP contribution in [0.4, 0.5) is 0 Å². The number of fused-ring (bicyclic) bond motifs is 2. The first-order valence-electron chi connectivity index (χ1n) is 15.7. The zero-order chi connectivity index (χ0) is 32.1. The number of carbonyl (C=O) groups is 1. The van der Waals surface area contributed by atoms with E-state index in [-0.39, 0.29) is 5.92 Å². The third kappa shape index (κ3) is 5.47. The fourth-order valence-corrected chi connectivity index (χ4v) is 7.08. The molecule has 0 bridgehead atoms. The van der Waals surface area contributed by atoms with Crippen molar-refractivity contribution in [2.24, 2.45) is 5.92 Å². The van der Waals surface area contributed by atoms with Gasteiger partial charge in [0.1, 0.15) is 11.6 Å². The SMILES string of the molecule is Cc1c(-c2nc3cc(CN4CC[C@@H](C(=O)O)C4)cc(C#N)c3o2)cccc1-c1cccc(-n2cc3c(n2)CN(C(C)C)CC3)c1Cl. The first-order chi connectivity index (χ1) is 22.2. The van der Waals surface area contributed by atoms with Crippen LogP contribution in [0.15, 0.2) is 59.1 Å². The van der Waals surface area contributed by atoms with Crippen LogP contribution < -0.4 is 0 Å². The van der Waals surface area contributed by atoms with Crippen LogP contribution in [-0.4, -0.2) is 61.3 Å². The van der Waals surface area contributed by atoms with Gasteiger partial charge >= 0.3 is 5.97 Å². The minimum Gasteiger partial charge on any atom is -0.481 e. The Balaban J connectivity index is 1.21. The van der Waals surface area contributed by atoms with Crippen LogP contribution in [0, 0.1) is 24.2 Å². The molecule has 0 amide bonds. The quantitative estimate of drug-likeness (QED) is 0.207. The summed E-state index contributed by atoms with van der Waals surface area (Å²) in [6, 6.07) is 18.5. The van der Waals surface area contributed by atoms with Gasteiger partial charge in [0.05, 0.1) is 27.9 Å². The Morgan fingerprint density at radius 3 is 2.70 bits per heavy atom. The molecule has 1 saturated heterocycles. The van der Waals surface area contributed by atoms with Crippen molar-refractivity contribution in [2.45, 2.75) is 52.7 Å². The van der Waals surface area contributed by atoms with E-state index in [2.05, 4.69) is 35.9 Å². The zero-order valence-corrected chi connectivity index (χ0v) is 26.9. The molecule has 0 unspecified atom stereocenters. The molecule has 0 aliphatic carbocycles. The summed E-state index contributed by atoms with van der Waals surface area (Å²) in [5.41, 5.74) is 9.15. The van der Waals surface area contributed by atoms with Crippen LogP contribution in [-0.2, 0) is 24.3 Å². The van der Waals surface area contributed by atoms with Crippen LogP contribution in [0.3, 0.4) is 0 Å². The second-order valence-electron chi connectivity index (χ2n) is 12.7. The lowest BCUT2D eigenvalue weighted by Crippen LogP contribution is -2.35. The number of hydrogen-bond acceptors (Lipinski definition) is 7. The highest BCUT2D eigenvalue weighted by Crippen LogP contribution is 2.39. The average molecular weight is 635 g/mol. The van der Waals surface area contributed by atoms with Crippen molar-refractivity contribution in [1.29, 1.82) is 5.26 Å². The molecule has 234 valence electrons. The lowest BCUT2D eigenvalue weighted by molar-refractivity contribution is -0.141. The number of benzene rings is 3. The molecule has 1 fully saturated rings. The molecule has 1 atom stereocenters. The van der Waals surface area contributed by atoms with Crippen molar-refractivity contribution in [3.63, 3.8) is 0 Å². The molecule has 7 rings (SSSR count). The van der Waals surface area contributed by atoms with Gasteiger partial charge < -0.3 is 9.52 Å². The lowest BCUT2D eigenvalue weighted by Gasteiger charge is -2.29. The van der Waals surface area contributed by atoms with Gasteiger partial charge in [-0.1, -0.05) is 35.9 Å². The first kappa shape index (κ1) is 30.2. The summed E-state index contributed by atoms with van der Waals surface area (Å²) in [5.74, 6) is -0.694. The predicted molar refractivity (Wildman–Crippen MR) is 177 cm³/mol. The maximum absolute atomic E-state index is 11.4. The van der Waals surface area contributed by atoms with E-state index >= 15 is 0 Å². The molecular formula is C36H35ClN6O3. The molecule has 5 aromatic rings. The summed E-state index contributed by atoms with van der Waals surface area (Å²) in [4.78, 5) is 20.8. The molecule has 2 aromatic heterocycles. The fourth-order valence-electron chi connectivity index (χ4n) is 6.77. The van der Waals surface area contributed by atoms with Gasteiger partial charge in [-0.05, 0) is 86.7 Å². The largest absolute Gasteiger partial charge is 0.481 e. The van der Waals surface area contributed by atoms with Gasteiger partial charge in [-0.15, -0.1) is 0 Å². The number of oxazole rings is 1. The summed E-state index contributed by atoms with van der Waals surface area (Å²) in [7, 11) is 0. The van der Waals surface area contributed by atoms with Crippen molar-refractivity contribution in [1.82, 2.24) is 24.6 Å².